The lowest BCUT2D eigenvalue weighted by Gasteiger charge is -2.13. The summed E-state index contributed by atoms with van der Waals surface area (Å²) in [6.45, 7) is 0.244. The molecule has 2 rings (SSSR count). The van der Waals surface area contributed by atoms with Crippen LogP contribution >= 0.6 is 11.8 Å². The van der Waals surface area contributed by atoms with Gasteiger partial charge in [0.2, 0.25) is 0 Å². The van der Waals surface area contributed by atoms with Crippen molar-refractivity contribution in [2.75, 3.05) is 26.3 Å². The van der Waals surface area contributed by atoms with Gasteiger partial charge >= 0.3 is 6.18 Å². The largest absolute Gasteiger partial charge is 0.468 e. The molecule has 2 aromatic carbocycles. The molecule has 3 nitrogen and oxygen atoms in total. The zero-order chi connectivity index (χ0) is 19.0. The number of thioether (sulfide) groups is 1. The van der Waals surface area contributed by atoms with Gasteiger partial charge in [0, 0.05) is 18.6 Å². The maximum Gasteiger partial charge on any atom is 0.416 e. The second-order valence-corrected chi connectivity index (χ2v) is 7.03. The van der Waals surface area contributed by atoms with Gasteiger partial charge in [-0.3, -0.25) is 0 Å². The number of hydrogen-bond donors (Lipinski definition) is 1. The van der Waals surface area contributed by atoms with Crippen molar-refractivity contribution in [3.05, 3.63) is 35.9 Å². The van der Waals surface area contributed by atoms with Crippen LogP contribution in [-0.2, 0) is 10.9 Å². The van der Waals surface area contributed by atoms with Gasteiger partial charge in [0.1, 0.15) is 5.75 Å². The van der Waals surface area contributed by atoms with Crippen LogP contribution < -0.4 is 4.74 Å². The summed E-state index contributed by atoms with van der Waals surface area (Å²) >= 11 is 1.60. The van der Waals surface area contributed by atoms with Crippen LogP contribution in [0.15, 0.2) is 35.2 Å². The van der Waals surface area contributed by atoms with Crippen LogP contribution in [-0.4, -0.2) is 31.4 Å². The van der Waals surface area contributed by atoms with Crippen molar-refractivity contribution in [3.8, 4) is 5.75 Å². The van der Waals surface area contributed by atoms with Gasteiger partial charge in [-0.15, -0.1) is 11.8 Å². The maximum absolute atomic E-state index is 13.0. The predicted octanol–water partition coefficient (Wildman–Crippen LogP) is 5.49. The number of methoxy groups -OCH3 is 1. The predicted molar refractivity (Wildman–Crippen MR) is 97.7 cm³/mol. The Kier molecular flexibility index (Phi) is 8.06. The lowest BCUT2D eigenvalue weighted by Crippen LogP contribution is -2.04. The van der Waals surface area contributed by atoms with E-state index in [1.165, 1.54) is 13.2 Å². The molecular formula is C19H23F3O3S. The molecule has 0 radical (unpaired) electrons. The molecule has 0 saturated carbocycles. The van der Waals surface area contributed by atoms with Gasteiger partial charge in [-0.1, -0.05) is 18.9 Å². The van der Waals surface area contributed by atoms with Gasteiger partial charge in [-0.2, -0.15) is 13.2 Å². The van der Waals surface area contributed by atoms with E-state index in [9.17, 15) is 13.2 Å². The second kappa shape index (κ2) is 10.0. The number of alkyl halides is 3. The molecule has 144 valence electrons. The molecule has 0 aliphatic rings. The molecular weight excluding hydrogens is 365 g/mol. The number of unbranched alkanes of at least 4 members (excludes halogenated alkanes) is 3. The Morgan fingerprint density at radius 3 is 2.50 bits per heavy atom. The van der Waals surface area contributed by atoms with Crippen LogP contribution in [0.3, 0.4) is 0 Å². The Morgan fingerprint density at radius 1 is 1.04 bits per heavy atom. The molecule has 1 N–H and O–H groups in total. The average Bonchev–Trinajstić information content (AvgIpc) is 2.61. The number of hydrogen-bond acceptors (Lipinski definition) is 4. The first-order valence-corrected chi connectivity index (χ1v) is 9.44. The standard InChI is InChI=1S/C19H23F3O3S/c1-24-13-25-16-11-14-10-15(19(20,21)22)6-7-17(14)18(12-16)26-9-5-3-2-4-8-23/h6-7,10-12,23H,2-5,8-9,13H2,1H3. The fourth-order valence-corrected chi connectivity index (χ4v) is 3.67. The lowest BCUT2D eigenvalue weighted by atomic mass is 10.1. The SMILES string of the molecule is COCOc1cc(SCCCCCCO)c2ccc(C(F)(F)F)cc2c1. The van der Waals surface area contributed by atoms with Gasteiger partial charge < -0.3 is 14.6 Å². The zero-order valence-corrected chi connectivity index (χ0v) is 15.5. The van der Waals surface area contributed by atoms with E-state index in [4.69, 9.17) is 14.6 Å². The molecule has 0 aliphatic heterocycles. The van der Waals surface area contributed by atoms with Crippen molar-refractivity contribution in [1.82, 2.24) is 0 Å². The van der Waals surface area contributed by atoms with Crippen LogP contribution in [0.25, 0.3) is 10.8 Å². The first kappa shape index (κ1) is 20.9. The summed E-state index contributed by atoms with van der Waals surface area (Å²) in [7, 11) is 1.49. The minimum Gasteiger partial charge on any atom is -0.468 e. The summed E-state index contributed by atoms with van der Waals surface area (Å²) in [6, 6.07) is 7.23. The van der Waals surface area contributed by atoms with E-state index in [1.54, 1.807) is 17.8 Å². The van der Waals surface area contributed by atoms with E-state index >= 15 is 0 Å². The Bertz CT molecular complexity index is 704. The summed E-state index contributed by atoms with van der Waals surface area (Å²) in [4.78, 5) is 0.893. The Labute approximate surface area is 155 Å². The van der Waals surface area contributed by atoms with E-state index in [0.29, 0.717) is 11.1 Å². The van der Waals surface area contributed by atoms with Gasteiger partial charge in [0.15, 0.2) is 6.79 Å². The molecule has 0 aromatic heterocycles. The van der Waals surface area contributed by atoms with Crippen LogP contribution in [0.1, 0.15) is 31.2 Å². The van der Waals surface area contributed by atoms with Crippen molar-refractivity contribution in [1.29, 1.82) is 0 Å². The lowest BCUT2D eigenvalue weighted by molar-refractivity contribution is -0.137. The van der Waals surface area contributed by atoms with E-state index < -0.39 is 11.7 Å². The monoisotopic (exact) mass is 388 g/mol. The topological polar surface area (TPSA) is 38.7 Å². The smallest absolute Gasteiger partial charge is 0.416 e. The molecule has 0 unspecified atom stereocenters. The molecule has 26 heavy (non-hydrogen) atoms. The third-order valence-corrected chi connectivity index (χ3v) is 5.01. The van der Waals surface area contributed by atoms with Crippen molar-refractivity contribution >= 4 is 22.5 Å². The fourth-order valence-electron chi connectivity index (χ4n) is 2.56. The van der Waals surface area contributed by atoms with Gasteiger partial charge in [-0.05, 0) is 53.6 Å². The second-order valence-electron chi connectivity index (χ2n) is 5.89. The third kappa shape index (κ3) is 6.07. The van der Waals surface area contributed by atoms with E-state index in [2.05, 4.69) is 0 Å². The van der Waals surface area contributed by atoms with E-state index in [-0.39, 0.29) is 13.4 Å². The normalized spacial score (nSPS) is 11.9. The quantitative estimate of drug-likeness (QED) is 0.332. The molecule has 0 heterocycles. The van der Waals surface area contributed by atoms with Gasteiger partial charge in [0.05, 0.1) is 5.56 Å². The van der Waals surface area contributed by atoms with Crippen LogP contribution in [0.4, 0.5) is 13.2 Å². The molecule has 7 heteroatoms. The summed E-state index contributed by atoms with van der Waals surface area (Å²) in [5.74, 6) is 1.34. The highest BCUT2D eigenvalue weighted by Crippen LogP contribution is 2.37. The Balaban J connectivity index is 2.22. The Morgan fingerprint density at radius 2 is 1.81 bits per heavy atom. The Hall–Kier alpha value is -1.44. The molecule has 2 aromatic rings. The molecule has 0 amide bonds. The minimum absolute atomic E-state index is 0.0374. The van der Waals surface area contributed by atoms with Crippen molar-refractivity contribution in [2.24, 2.45) is 0 Å². The van der Waals surface area contributed by atoms with Gasteiger partial charge in [-0.25, -0.2) is 0 Å². The first-order chi connectivity index (χ1) is 12.5. The summed E-state index contributed by atoms with van der Waals surface area (Å²) < 4.78 is 49.3. The summed E-state index contributed by atoms with van der Waals surface area (Å²) in [5.41, 5.74) is -0.672. The number of fused-ring (bicyclic) bond motifs is 1. The maximum atomic E-state index is 13.0. The van der Waals surface area contributed by atoms with Crippen molar-refractivity contribution < 1.29 is 27.8 Å². The molecule has 0 atom stereocenters. The molecule has 0 fully saturated rings. The number of halogens is 3. The van der Waals surface area contributed by atoms with Crippen molar-refractivity contribution in [2.45, 2.75) is 36.8 Å². The van der Waals surface area contributed by atoms with Crippen LogP contribution in [0, 0.1) is 0 Å². The highest BCUT2D eigenvalue weighted by Gasteiger charge is 2.30. The van der Waals surface area contributed by atoms with E-state index in [1.807, 2.05) is 6.07 Å². The molecule has 0 bridgehead atoms. The number of aliphatic hydroxyl groups excluding tert-OH is 1. The molecule has 0 spiro atoms. The summed E-state index contributed by atoms with van der Waals surface area (Å²) in [5, 5.41) is 10.1. The average molecular weight is 388 g/mol. The van der Waals surface area contributed by atoms with Crippen LogP contribution in [0.5, 0.6) is 5.75 Å². The minimum atomic E-state index is -4.38. The number of rotatable bonds is 10. The first-order valence-electron chi connectivity index (χ1n) is 8.46. The number of benzene rings is 2. The van der Waals surface area contributed by atoms with Crippen molar-refractivity contribution in [3.63, 3.8) is 0 Å². The number of aliphatic hydroxyl groups is 1. The highest BCUT2D eigenvalue weighted by atomic mass is 32.2. The fraction of sp³-hybridized carbons (Fsp3) is 0.474. The highest BCUT2D eigenvalue weighted by molar-refractivity contribution is 7.99. The van der Waals surface area contributed by atoms with E-state index in [0.717, 1.165) is 53.9 Å². The zero-order valence-electron chi connectivity index (χ0n) is 14.6. The third-order valence-electron chi connectivity index (χ3n) is 3.87. The number of ether oxygens (including phenoxy) is 2. The van der Waals surface area contributed by atoms with Gasteiger partial charge in [0.25, 0.3) is 0 Å². The molecule has 0 aliphatic carbocycles. The molecule has 0 saturated heterocycles. The summed E-state index contributed by atoms with van der Waals surface area (Å²) in [6.07, 6.45) is -0.602. The van der Waals surface area contributed by atoms with Crippen LogP contribution in [0.2, 0.25) is 0 Å².